The van der Waals surface area contributed by atoms with Crippen LogP contribution in [-0.4, -0.2) is 66.1 Å². The molecule has 6 nitrogen and oxygen atoms in total. The van der Waals surface area contributed by atoms with Crippen molar-refractivity contribution >= 4 is 24.4 Å². The Bertz CT molecular complexity index is 869. The average Bonchev–Trinajstić information content (AvgIpc) is 3.16. The summed E-state index contributed by atoms with van der Waals surface area (Å²) < 4.78 is 13.2. The summed E-state index contributed by atoms with van der Waals surface area (Å²) in [5.41, 5.74) is 0.669. The van der Waals surface area contributed by atoms with E-state index in [2.05, 4.69) is 48.5 Å². The summed E-state index contributed by atoms with van der Waals surface area (Å²) in [5.74, 6) is -0.0930. The molecule has 0 aliphatic carbocycles. The minimum Gasteiger partial charge on any atom is -0.399 e. The van der Waals surface area contributed by atoms with E-state index in [0.29, 0.717) is 25.1 Å². The van der Waals surface area contributed by atoms with Gasteiger partial charge in [-0.15, -0.1) is 0 Å². The van der Waals surface area contributed by atoms with E-state index in [1.54, 1.807) is 9.80 Å². The summed E-state index contributed by atoms with van der Waals surface area (Å²) in [5, 5.41) is 0. The molecule has 0 N–H and O–H groups in total. The zero-order valence-corrected chi connectivity index (χ0v) is 22.4. The monoisotopic (exact) mass is 470 g/mol. The van der Waals surface area contributed by atoms with Crippen LogP contribution in [0.1, 0.15) is 90.9 Å². The summed E-state index contributed by atoms with van der Waals surface area (Å²) in [4.78, 5) is 30.2. The Hall–Kier alpha value is -1.86. The minimum absolute atomic E-state index is 0.0134. The Kier molecular flexibility index (Phi) is 7.88. The summed E-state index contributed by atoms with van der Waals surface area (Å²) >= 11 is 0. The van der Waals surface area contributed by atoms with E-state index >= 15 is 0 Å². The molecule has 2 saturated heterocycles. The molecule has 34 heavy (non-hydrogen) atoms. The molecule has 2 fully saturated rings. The summed E-state index contributed by atoms with van der Waals surface area (Å²) in [6.07, 6.45) is 4.12. The molecular weight excluding hydrogens is 427 g/mol. The van der Waals surface area contributed by atoms with E-state index < -0.39 is 13.2 Å². The van der Waals surface area contributed by atoms with Crippen LogP contribution >= 0.6 is 0 Å². The molecule has 2 heterocycles. The van der Waals surface area contributed by atoms with Crippen LogP contribution in [0, 0.1) is 5.41 Å². The van der Waals surface area contributed by atoms with Crippen molar-refractivity contribution in [3.05, 3.63) is 29.8 Å². The lowest BCUT2D eigenvalue weighted by atomic mass is 9.75. The zero-order chi connectivity index (χ0) is 25.3. The molecule has 2 amide bonds. The molecule has 1 aromatic rings. The van der Waals surface area contributed by atoms with Crippen molar-refractivity contribution < 1.29 is 18.9 Å². The molecule has 1 atom stereocenters. The molecule has 2 aliphatic heterocycles. The number of likely N-dealkylation sites (N-methyl/N-ethyl adjacent to an activating group) is 1. The quantitative estimate of drug-likeness (QED) is 0.559. The van der Waals surface area contributed by atoms with Gasteiger partial charge in [-0.3, -0.25) is 9.59 Å². The zero-order valence-electron chi connectivity index (χ0n) is 22.4. The van der Waals surface area contributed by atoms with Gasteiger partial charge < -0.3 is 19.1 Å². The Morgan fingerprint density at radius 2 is 1.59 bits per heavy atom. The van der Waals surface area contributed by atoms with Crippen LogP contribution in [-0.2, 0) is 14.1 Å². The molecule has 1 aromatic carbocycles. The number of nitrogens with zero attached hydrogens (tertiary/aromatic N) is 2. The minimum atomic E-state index is -0.507. The van der Waals surface area contributed by atoms with Crippen molar-refractivity contribution in [1.82, 2.24) is 9.80 Å². The molecule has 7 heteroatoms. The van der Waals surface area contributed by atoms with Crippen molar-refractivity contribution in [3.63, 3.8) is 0 Å². The Morgan fingerprint density at radius 3 is 2.09 bits per heavy atom. The van der Waals surface area contributed by atoms with E-state index in [0.717, 1.165) is 31.1 Å². The van der Waals surface area contributed by atoms with E-state index in [1.165, 1.54) is 0 Å². The molecule has 0 radical (unpaired) electrons. The van der Waals surface area contributed by atoms with Gasteiger partial charge in [0.2, 0.25) is 5.91 Å². The predicted molar refractivity (Wildman–Crippen MR) is 137 cm³/mol. The standard InChI is InChI=1S/C27H43BN2O4/c1-9-26(10-2)27(11-3,12-4)34-28(33-26)21-15-13-14-20(18-21)23(31)30-17-16-29(8)24(32)22(30)19-25(5,6)7/h13-15,18,22H,9-12,16-17,19H2,1-8H3. The van der Waals surface area contributed by atoms with Crippen LogP contribution in [0.3, 0.4) is 0 Å². The van der Waals surface area contributed by atoms with Crippen molar-refractivity contribution in [2.24, 2.45) is 5.41 Å². The summed E-state index contributed by atoms with van der Waals surface area (Å²) in [6, 6.07) is 7.14. The lowest BCUT2D eigenvalue weighted by molar-refractivity contribution is -0.139. The third-order valence-electron chi connectivity index (χ3n) is 7.97. The molecule has 0 saturated carbocycles. The Morgan fingerprint density at radius 1 is 1.03 bits per heavy atom. The molecule has 2 aliphatic rings. The van der Waals surface area contributed by atoms with Gasteiger partial charge in [0.05, 0.1) is 11.2 Å². The highest BCUT2D eigenvalue weighted by Crippen LogP contribution is 2.46. The Balaban J connectivity index is 1.90. The average molecular weight is 470 g/mol. The first kappa shape index (κ1) is 26.7. The molecule has 188 valence electrons. The molecular formula is C27H43BN2O4. The fourth-order valence-electron chi connectivity index (χ4n) is 5.82. The number of amides is 2. The number of rotatable bonds is 7. The first-order chi connectivity index (χ1) is 16.0. The number of piperazine rings is 1. The van der Waals surface area contributed by atoms with Crippen LogP contribution in [0.5, 0.6) is 0 Å². The number of hydrogen-bond acceptors (Lipinski definition) is 4. The highest BCUT2D eigenvalue weighted by atomic mass is 16.7. The largest absolute Gasteiger partial charge is 0.494 e. The highest BCUT2D eigenvalue weighted by molar-refractivity contribution is 6.62. The molecule has 0 spiro atoms. The third kappa shape index (κ3) is 4.79. The molecule has 0 bridgehead atoms. The fourth-order valence-corrected chi connectivity index (χ4v) is 5.82. The SMILES string of the molecule is CCC1(CC)OB(c2cccc(C(=O)N3CCN(C)C(=O)C3CC(C)(C)C)c2)OC1(CC)CC. The maximum absolute atomic E-state index is 13.7. The molecule has 0 aromatic heterocycles. The number of hydrogen-bond donors (Lipinski definition) is 0. The van der Waals surface area contributed by atoms with Gasteiger partial charge in [-0.25, -0.2) is 0 Å². The van der Waals surface area contributed by atoms with Crippen LogP contribution in [0.15, 0.2) is 24.3 Å². The highest BCUT2D eigenvalue weighted by Gasteiger charge is 2.58. The van der Waals surface area contributed by atoms with E-state index in [4.69, 9.17) is 9.31 Å². The van der Waals surface area contributed by atoms with Gasteiger partial charge in [0.1, 0.15) is 6.04 Å². The van der Waals surface area contributed by atoms with E-state index in [-0.39, 0.29) is 28.4 Å². The van der Waals surface area contributed by atoms with Gasteiger partial charge in [0.15, 0.2) is 0 Å². The lowest BCUT2D eigenvalue weighted by Gasteiger charge is -2.42. The predicted octanol–water partition coefficient (Wildman–Crippen LogP) is 4.27. The van der Waals surface area contributed by atoms with E-state index in [1.807, 2.05) is 31.3 Å². The van der Waals surface area contributed by atoms with Crippen molar-refractivity contribution in [3.8, 4) is 0 Å². The molecule has 1 unspecified atom stereocenters. The Labute approximate surface area is 206 Å². The normalized spacial score (nSPS) is 22.4. The number of benzene rings is 1. The lowest BCUT2D eigenvalue weighted by Crippen LogP contribution is -2.58. The van der Waals surface area contributed by atoms with Crippen molar-refractivity contribution in [2.45, 2.75) is 97.8 Å². The number of carbonyl (C=O) groups excluding carboxylic acids is 2. The summed E-state index contributed by atoms with van der Waals surface area (Å²) in [6.45, 7) is 16.0. The maximum atomic E-state index is 13.7. The van der Waals surface area contributed by atoms with Gasteiger partial charge in [0, 0.05) is 25.7 Å². The van der Waals surface area contributed by atoms with E-state index in [9.17, 15) is 9.59 Å². The van der Waals surface area contributed by atoms with Gasteiger partial charge in [0.25, 0.3) is 5.91 Å². The van der Waals surface area contributed by atoms with Crippen molar-refractivity contribution in [2.75, 3.05) is 20.1 Å². The van der Waals surface area contributed by atoms with Gasteiger partial charge in [-0.05, 0) is 55.1 Å². The fraction of sp³-hybridized carbons (Fsp3) is 0.704. The van der Waals surface area contributed by atoms with Crippen LogP contribution < -0.4 is 5.46 Å². The molecule has 3 rings (SSSR count). The van der Waals surface area contributed by atoms with Gasteiger partial charge in [-0.2, -0.15) is 0 Å². The number of carbonyl (C=O) groups is 2. The topological polar surface area (TPSA) is 59.1 Å². The first-order valence-electron chi connectivity index (χ1n) is 13.0. The van der Waals surface area contributed by atoms with Crippen LogP contribution in [0.25, 0.3) is 0 Å². The smallest absolute Gasteiger partial charge is 0.399 e. The second-order valence-corrected chi connectivity index (χ2v) is 11.1. The van der Waals surface area contributed by atoms with Gasteiger partial charge >= 0.3 is 7.12 Å². The van der Waals surface area contributed by atoms with Crippen LogP contribution in [0.4, 0.5) is 0 Å². The van der Waals surface area contributed by atoms with Crippen LogP contribution in [0.2, 0.25) is 0 Å². The van der Waals surface area contributed by atoms with Gasteiger partial charge in [-0.1, -0.05) is 60.6 Å². The third-order valence-corrected chi connectivity index (χ3v) is 7.97. The second-order valence-electron chi connectivity index (χ2n) is 11.1. The maximum Gasteiger partial charge on any atom is 0.494 e. The first-order valence-corrected chi connectivity index (χ1v) is 13.0. The second kappa shape index (κ2) is 10.0. The van der Waals surface area contributed by atoms with Crippen molar-refractivity contribution in [1.29, 1.82) is 0 Å². The summed E-state index contributed by atoms with van der Waals surface area (Å²) in [7, 11) is 1.31.